The summed E-state index contributed by atoms with van der Waals surface area (Å²) in [6.07, 6.45) is 2.78. The van der Waals surface area contributed by atoms with Crippen LogP contribution in [0.5, 0.6) is 0 Å². The van der Waals surface area contributed by atoms with Gasteiger partial charge in [-0.3, -0.25) is 0 Å². The molecular weight excluding hydrogens is 468 g/mol. The summed E-state index contributed by atoms with van der Waals surface area (Å²) in [7, 11) is -6.58. The number of hydrazine groups is 1. The van der Waals surface area contributed by atoms with Crippen molar-refractivity contribution >= 4 is 43.8 Å². The first-order chi connectivity index (χ1) is 15.6. The minimum Gasteiger partial charge on any atom is -0.382 e. The van der Waals surface area contributed by atoms with Gasteiger partial charge in [0.1, 0.15) is 15.9 Å². The second kappa shape index (κ2) is 10.2. The molecule has 178 valence electrons. The van der Waals surface area contributed by atoms with Crippen LogP contribution in [-0.4, -0.2) is 41.5 Å². The van der Waals surface area contributed by atoms with Gasteiger partial charge in [-0.25, -0.2) is 39.3 Å². The second-order valence-corrected chi connectivity index (χ2v) is 9.60. The Morgan fingerprint density at radius 2 is 1.85 bits per heavy atom. The third-order valence-electron chi connectivity index (χ3n) is 4.84. The molecule has 1 aromatic heterocycles. The van der Waals surface area contributed by atoms with Crippen LogP contribution in [0.15, 0.2) is 45.2 Å². The van der Waals surface area contributed by atoms with E-state index in [1.807, 2.05) is 5.53 Å². The highest BCUT2D eigenvalue weighted by Gasteiger charge is 2.28. The van der Waals surface area contributed by atoms with Gasteiger partial charge in [0.25, 0.3) is 0 Å². The van der Waals surface area contributed by atoms with E-state index < -0.39 is 25.9 Å². The Morgan fingerprint density at radius 1 is 1.15 bits per heavy atom. The first-order valence-electron chi connectivity index (χ1n) is 9.75. The minimum atomic E-state index is -4.41. The number of H-pyrrole nitrogens is 1. The van der Waals surface area contributed by atoms with Crippen LogP contribution < -0.4 is 38.4 Å². The number of hydrogen-bond acceptors (Lipinski definition) is 9. The molecule has 1 aliphatic heterocycles. The van der Waals surface area contributed by atoms with E-state index in [4.69, 9.17) is 27.6 Å². The van der Waals surface area contributed by atoms with Gasteiger partial charge in [0.05, 0.1) is 15.9 Å². The molecular formula is C18H26N10O3S2. The molecule has 0 amide bonds. The smallest absolute Gasteiger partial charge is 0.240 e. The van der Waals surface area contributed by atoms with Crippen molar-refractivity contribution in [2.24, 2.45) is 27.0 Å². The summed E-state index contributed by atoms with van der Waals surface area (Å²) >= 11 is 0. The molecule has 0 radical (unpaired) electrons. The number of fused-ring (bicyclic) bond motifs is 1. The van der Waals surface area contributed by atoms with Gasteiger partial charge < -0.3 is 21.8 Å². The molecule has 1 aliphatic rings. The normalized spacial score (nSPS) is 15.2. The van der Waals surface area contributed by atoms with Crippen LogP contribution in [0, 0.1) is 0 Å². The molecule has 13 nitrogen and oxygen atoms in total. The Hall–Kier alpha value is -3.08. The number of aromatic nitrogens is 2. The van der Waals surface area contributed by atoms with E-state index in [2.05, 4.69) is 20.4 Å². The predicted molar refractivity (Wildman–Crippen MR) is 128 cm³/mol. The molecule has 1 unspecified atom stereocenters. The Balaban J connectivity index is 0.000000541. The highest BCUT2D eigenvalue weighted by molar-refractivity contribution is 7.90. The fraction of sp³-hybridized carbons (Fsp3) is 0.222. The number of imidazole rings is 1. The molecule has 1 fully saturated rings. The number of aromatic amines is 1. The summed E-state index contributed by atoms with van der Waals surface area (Å²) < 4.78 is 36.6. The zero-order valence-corrected chi connectivity index (χ0v) is 19.2. The SMILES string of the molecule is C1CCNC1.NN/N=C(\N)c1c(-c2cccc3[nH]c(N)nc23)ccc(S(N)=O)c1S(N)(=O)=O. The first-order valence-corrected chi connectivity index (χ1v) is 12.5. The van der Waals surface area contributed by atoms with Crippen molar-refractivity contribution in [1.29, 1.82) is 0 Å². The number of primary sulfonamides is 1. The standard InChI is InChI=1S/C14H17N9O3S2.C4H9N/c15-13(22-23-17)10-6(4-5-9(27(18)24)12(10)28(19,25)26)7-2-1-3-8-11(7)21-14(16)20-8;1-2-4-5-3-1/h1-5,23H,17-18H2,(H2,15,22)(H3,16,20,21)(H2,19,25,26);5H,1-4H2. The molecule has 15 heteroatoms. The van der Waals surface area contributed by atoms with Crippen molar-refractivity contribution < 1.29 is 12.6 Å². The summed E-state index contributed by atoms with van der Waals surface area (Å²) in [5.74, 6) is 5.05. The van der Waals surface area contributed by atoms with E-state index in [-0.39, 0.29) is 22.2 Å². The van der Waals surface area contributed by atoms with Gasteiger partial charge in [0.2, 0.25) is 10.0 Å². The van der Waals surface area contributed by atoms with Crippen LogP contribution in [0.2, 0.25) is 0 Å². The molecule has 0 aliphatic carbocycles. The molecule has 1 saturated heterocycles. The number of hydrogen-bond donors (Lipinski definition) is 8. The molecule has 2 aromatic carbocycles. The van der Waals surface area contributed by atoms with Crippen molar-refractivity contribution in [3.05, 3.63) is 35.9 Å². The molecule has 1 atom stereocenters. The van der Waals surface area contributed by atoms with Crippen LogP contribution in [0.4, 0.5) is 5.95 Å². The Bertz CT molecular complexity index is 1310. The maximum absolute atomic E-state index is 12.3. The zero-order valence-electron chi connectivity index (χ0n) is 17.5. The summed E-state index contributed by atoms with van der Waals surface area (Å²) in [6.45, 7) is 2.50. The number of amidine groups is 1. The minimum absolute atomic E-state index is 0.120. The van der Waals surface area contributed by atoms with Crippen molar-refractivity contribution in [3.63, 3.8) is 0 Å². The van der Waals surface area contributed by atoms with Gasteiger partial charge in [-0.05, 0) is 43.6 Å². The molecule has 0 spiro atoms. The highest BCUT2D eigenvalue weighted by Crippen LogP contribution is 2.35. The average molecular weight is 495 g/mol. The van der Waals surface area contributed by atoms with Gasteiger partial charge in [0, 0.05) is 11.1 Å². The quantitative estimate of drug-likeness (QED) is 0.0925. The Labute approximate surface area is 192 Å². The number of hydrazone groups is 1. The molecule has 13 N–H and O–H groups in total. The van der Waals surface area contributed by atoms with E-state index in [0.29, 0.717) is 22.2 Å². The second-order valence-electron chi connectivity index (χ2n) is 7.06. The van der Waals surface area contributed by atoms with Gasteiger partial charge in [-0.1, -0.05) is 18.2 Å². The van der Waals surface area contributed by atoms with E-state index in [1.54, 1.807) is 18.2 Å². The third-order valence-corrected chi connectivity index (χ3v) is 6.74. The van der Waals surface area contributed by atoms with E-state index in [0.717, 1.165) is 0 Å². The van der Waals surface area contributed by atoms with Crippen LogP contribution in [0.3, 0.4) is 0 Å². The number of nitrogens with two attached hydrogens (primary N) is 5. The molecule has 0 saturated carbocycles. The summed E-state index contributed by atoms with van der Waals surface area (Å²) in [5.41, 5.74) is 15.4. The molecule has 3 aromatic rings. The van der Waals surface area contributed by atoms with Crippen molar-refractivity contribution in [2.75, 3.05) is 18.8 Å². The van der Waals surface area contributed by atoms with Gasteiger partial charge in [-0.15, -0.1) is 5.10 Å². The average Bonchev–Trinajstić information content (AvgIpc) is 3.44. The zero-order chi connectivity index (χ0) is 24.2. The number of nitrogens with one attached hydrogen (secondary N) is 3. The Kier molecular flexibility index (Phi) is 7.62. The summed E-state index contributed by atoms with van der Waals surface area (Å²) in [4.78, 5) is 6.34. The van der Waals surface area contributed by atoms with Crippen LogP contribution in [0.1, 0.15) is 18.4 Å². The Morgan fingerprint density at radius 3 is 2.39 bits per heavy atom. The van der Waals surface area contributed by atoms with Gasteiger partial charge >= 0.3 is 0 Å². The van der Waals surface area contributed by atoms with Crippen LogP contribution in [0.25, 0.3) is 22.2 Å². The van der Waals surface area contributed by atoms with Gasteiger partial charge in [0.15, 0.2) is 11.8 Å². The predicted octanol–water partition coefficient (Wildman–Crippen LogP) is -1.11. The number of benzene rings is 2. The maximum Gasteiger partial charge on any atom is 0.240 e. The molecule has 0 bridgehead atoms. The lowest BCUT2D eigenvalue weighted by Gasteiger charge is -2.16. The molecule has 2 heterocycles. The number of rotatable bonds is 5. The third kappa shape index (κ3) is 5.47. The first kappa shape index (κ1) is 24.6. The number of nitrogens with zero attached hydrogens (tertiary/aromatic N) is 2. The lowest BCUT2D eigenvalue weighted by molar-refractivity contribution is 0.594. The maximum atomic E-state index is 12.3. The highest BCUT2D eigenvalue weighted by atomic mass is 32.2. The van der Waals surface area contributed by atoms with Gasteiger partial charge in [-0.2, -0.15) is 0 Å². The van der Waals surface area contributed by atoms with E-state index in [9.17, 15) is 12.6 Å². The lowest BCUT2D eigenvalue weighted by atomic mass is 9.97. The monoisotopic (exact) mass is 494 g/mol. The van der Waals surface area contributed by atoms with Crippen LogP contribution >= 0.6 is 0 Å². The van der Waals surface area contributed by atoms with E-state index >= 15 is 0 Å². The number of nitrogen functional groups attached to an aromatic ring is 1. The number of para-hydroxylation sites is 1. The molecule has 33 heavy (non-hydrogen) atoms. The van der Waals surface area contributed by atoms with Crippen molar-refractivity contribution in [2.45, 2.75) is 22.6 Å². The van der Waals surface area contributed by atoms with E-state index in [1.165, 1.54) is 38.1 Å². The number of anilines is 1. The summed E-state index contributed by atoms with van der Waals surface area (Å²) in [6, 6.07) is 7.90. The lowest BCUT2D eigenvalue weighted by Crippen LogP contribution is -2.28. The topological polar surface area (TPSA) is 246 Å². The van der Waals surface area contributed by atoms with Crippen molar-refractivity contribution in [3.8, 4) is 11.1 Å². The van der Waals surface area contributed by atoms with Crippen molar-refractivity contribution in [1.82, 2.24) is 20.8 Å². The fourth-order valence-corrected chi connectivity index (χ4v) is 5.43. The molecule has 4 rings (SSSR count). The van der Waals surface area contributed by atoms with Crippen LogP contribution in [-0.2, 0) is 21.0 Å². The summed E-state index contributed by atoms with van der Waals surface area (Å²) in [5, 5.41) is 17.7. The fourth-order valence-electron chi connectivity index (χ4n) is 3.50. The number of sulfonamides is 1. The largest absolute Gasteiger partial charge is 0.382 e.